The first-order valence-corrected chi connectivity index (χ1v) is 6.29. The van der Waals surface area contributed by atoms with E-state index in [4.69, 9.17) is 4.74 Å². The Balaban J connectivity index is 2.28. The van der Waals surface area contributed by atoms with Crippen LogP contribution in [0.2, 0.25) is 0 Å². The van der Waals surface area contributed by atoms with Crippen molar-refractivity contribution in [3.63, 3.8) is 0 Å². The van der Waals surface area contributed by atoms with Crippen LogP contribution in [-0.4, -0.2) is 28.3 Å². The van der Waals surface area contributed by atoms with Crippen LogP contribution in [0.5, 0.6) is 0 Å². The molecule has 2 rings (SSSR count). The number of ether oxygens (including phenoxy) is 1. The normalized spacial score (nSPS) is 10.2. The molecule has 0 unspecified atom stereocenters. The number of anilines is 1. The van der Waals surface area contributed by atoms with Crippen LogP contribution in [0.1, 0.15) is 27.6 Å². The van der Waals surface area contributed by atoms with Gasteiger partial charge in [0.05, 0.1) is 18.4 Å². The number of benzene rings is 1. The number of nitrogens with zero attached hydrogens (tertiary/aromatic N) is 2. The van der Waals surface area contributed by atoms with Crippen molar-refractivity contribution >= 4 is 17.7 Å². The second-order valence-electron chi connectivity index (χ2n) is 4.18. The molecule has 110 valence electrons. The van der Waals surface area contributed by atoms with Crippen molar-refractivity contribution in [3.8, 4) is 0 Å². The van der Waals surface area contributed by atoms with Gasteiger partial charge in [0.25, 0.3) is 5.91 Å². The van der Waals surface area contributed by atoms with Crippen LogP contribution in [0.3, 0.4) is 0 Å². The predicted octanol–water partition coefficient (Wildman–Crippen LogP) is 1.99. The molecule has 0 atom stereocenters. The van der Waals surface area contributed by atoms with Crippen LogP contribution >= 0.6 is 0 Å². The first-order valence-electron chi connectivity index (χ1n) is 6.29. The highest BCUT2D eigenvalue weighted by Crippen LogP contribution is 2.17. The predicted molar refractivity (Wildman–Crippen MR) is 73.5 cm³/mol. The van der Waals surface area contributed by atoms with Crippen molar-refractivity contribution in [2.45, 2.75) is 6.92 Å². The van der Waals surface area contributed by atoms with Crippen molar-refractivity contribution in [2.75, 3.05) is 11.9 Å². The number of nitrogens with one attached hydrogen (secondary N) is 1. The molecule has 1 amide bonds. The van der Waals surface area contributed by atoms with Crippen molar-refractivity contribution in [3.05, 3.63) is 47.4 Å². The van der Waals surface area contributed by atoms with E-state index in [0.717, 1.165) is 0 Å². The molecule has 0 spiro atoms. The Kier molecular flexibility index (Phi) is 4.32. The summed E-state index contributed by atoms with van der Waals surface area (Å²) in [7, 11) is 1.56. The summed E-state index contributed by atoms with van der Waals surface area (Å²) in [6.07, 6.45) is 1.29. The topological polar surface area (TPSA) is 73.2 Å². The Bertz CT molecular complexity index is 682. The monoisotopic (exact) mass is 291 g/mol. The first kappa shape index (κ1) is 14.7. The summed E-state index contributed by atoms with van der Waals surface area (Å²) < 4.78 is 19.8. The summed E-state index contributed by atoms with van der Waals surface area (Å²) in [4.78, 5) is 23.8. The van der Waals surface area contributed by atoms with Crippen molar-refractivity contribution in [1.29, 1.82) is 0 Å². The number of amides is 1. The number of aromatic nitrogens is 2. The van der Waals surface area contributed by atoms with Crippen LogP contribution in [0.25, 0.3) is 0 Å². The third kappa shape index (κ3) is 3.07. The van der Waals surface area contributed by atoms with E-state index in [-0.39, 0.29) is 23.6 Å². The molecule has 1 N–H and O–H groups in total. The zero-order valence-corrected chi connectivity index (χ0v) is 11.6. The van der Waals surface area contributed by atoms with E-state index in [1.54, 1.807) is 20.0 Å². The number of esters is 1. The summed E-state index contributed by atoms with van der Waals surface area (Å²) in [5.41, 5.74) is -0.00227. The molecular weight excluding hydrogens is 277 g/mol. The molecule has 0 saturated heterocycles. The molecule has 1 heterocycles. The first-order chi connectivity index (χ1) is 10.0. The van der Waals surface area contributed by atoms with Crippen LogP contribution in [0.4, 0.5) is 10.2 Å². The fourth-order valence-electron chi connectivity index (χ4n) is 1.76. The van der Waals surface area contributed by atoms with Crippen LogP contribution in [0, 0.1) is 5.82 Å². The van der Waals surface area contributed by atoms with E-state index in [2.05, 4.69) is 10.4 Å². The van der Waals surface area contributed by atoms with Crippen LogP contribution in [0.15, 0.2) is 30.5 Å². The molecule has 0 fully saturated rings. The highest BCUT2D eigenvalue weighted by molar-refractivity contribution is 6.07. The van der Waals surface area contributed by atoms with Gasteiger partial charge in [0.15, 0.2) is 0 Å². The molecule has 0 saturated carbocycles. The van der Waals surface area contributed by atoms with Gasteiger partial charge < -0.3 is 10.1 Å². The highest BCUT2D eigenvalue weighted by Gasteiger charge is 2.20. The summed E-state index contributed by atoms with van der Waals surface area (Å²) in [5.74, 6) is -1.76. The Hall–Kier alpha value is -2.70. The lowest BCUT2D eigenvalue weighted by atomic mass is 10.2. The van der Waals surface area contributed by atoms with Crippen LogP contribution in [-0.2, 0) is 11.8 Å². The van der Waals surface area contributed by atoms with E-state index >= 15 is 0 Å². The molecule has 1 aromatic carbocycles. The van der Waals surface area contributed by atoms with Gasteiger partial charge >= 0.3 is 5.97 Å². The summed E-state index contributed by atoms with van der Waals surface area (Å²) in [6.45, 7) is 1.88. The molecule has 1 aromatic heterocycles. The van der Waals surface area contributed by atoms with Crippen LogP contribution < -0.4 is 5.32 Å². The Morgan fingerprint density at radius 2 is 2.05 bits per heavy atom. The number of hydrogen-bond donors (Lipinski definition) is 1. The molecule has 0 bridgehead atoms. The highest BCUT2D eigenvalue weighted by atomic mass is 19.1. The van der Waals surface area contributed by atoms with Gasteiger partial charge in [0.2, 0.25) is 0 Å². The molecule has 0 aliphatic carbocycles. The fourth-order valence-corrected chi connectivity index (χ4v) is 1.76. The Labute approximate surface area is 120 Å². The lowest BCUT2D eigenvalue weighted by molar-refractivity contribution is 0.0527. The zero-order chi connectivity index (χ0) is 15.4. The summed E-state index contributed by atoms with van der Waals surface area (Å²) >= 11 is 0. The quantitative estimate of drug-likeness (QED) is 0.874. The van der Waals surface area contributed by atoms with Gasteiger partial charge in [-0.2, -0.15) is 5.10 Å². The molecule has 7 heteroatoms. The average Bonchev–Trinajstić information content (AvgIpc) is 2.81. The molecule has 0 radical (unpaired) electrons. The van der Waals surface area contributed by atoms with E-state index in [1.165, 1.54) is 29.1 Å². The van der Waals surface area contributed by atoms with Gasteiger partial charge in [-0.25, -0.2) is 9.18 Å². The SMILES string of the molecule is CCOC(=O)c1cnn(C)c1NC(=O)c1ccccc1F. The number of halogens is 1. The van der Waals surface area contributed by atoms with Gasteiger partial charge in [-0.05, 0) is 19.1 Å². The number of hydrogen-bond acceptors (Lipinski definition) is 4. The Morgan fingerprint density at radius 3 is 2.71 bits per heavy atom. The maximum Gasteiger partial charge on any atom is 0.343 e. The third-order valence-corrected chi connectivity index (χ3v) is 2.78. The van der Waals surface area contributed by atoms with Gasteiger partial charge in [-0.3, -0.25) is 9.48 Å². The maximum absolute atomic E-state index is 13.6. The minimum Gasteiger partial charge on any atom is -0.462 e. The average molecular weight is 291 g/mol. The van der Waals surface area contributed by atoms with Crippen molar-refractivity contribution in [1.82, 2.24) is 9.78 Å². The lowest BCUT2D eigenvalue weighted by Crippen LogP contribution is -2.18. The minimum atomic E-state index is -0.665. The van der Waals surface area contributed by atoms with E-state index in [9.17, 15) is 14.0 Å². The smallest absolute Gasteiger partial charge is 0.343 e. The van der Waals surface area contributed by atoms with Gasteiger partial charge in [-0.1, -0.05) is 12.1 Å². The zero-order valence-electron chi connectivity index (χ0n) is 11.6. The third-order valence-electron chi connectivity index (χ3n) is 2.78. The summed E-state index contributed by atoms with van der Waals surface area (Å²) in [5, 5.41) is 6.37. The van der Waals surface area contributed by atoms with E-state index < -0.39 is 17.7 Å². The van der Waals surface area contributed by atoms with Crippen molar-refractivity contribution < 1.29 is 18.7 Å². The van der Waals surface area contributed by atoms with Gasteiger partial charge in [-0.15, -0.1) is 0 Å². The number of carbonyl (C=O) groups excluding carboxylic acids is 2. The minimum absolute atomic E-state index is 0.115. The number of aryl methyl sites for hydroxylation is 1. The van der Waals surface area contributed by atoms with Gasteiger partial charge in [0.1, 0.15) is 17.2 Å². The molecule has 0 aliphatic heterocycles. The molecule has 6 nitrogen and oxygen atoms in total. The molecular formula is C14H14FN3O3. The second-order valence-corrected chi connectivity index (χ2v) is 4.18. The second kappa shape index (κ2) is 6.17. The Morgan fingerprint density at radius 1 is 1.33 bits per heavy atom. The van der Waals surface area contributed by atoms with E-state index in [0.29, 0.717) is 0 Å². The molecule has 21 heavy (non-hydrogen) atoms. The molecule has 2 aromatic rings. The fraction of sp³-hybridized carbons (Fsp3) is 0.214. The standard InChI is InChI=1S/C14H14FN3O3/c1-3-21-14(20)10-8-16-18(2)12(10)17-13(19)9-6-4-5-7-11(9)15/h4-8H,3H2,1-2H3,(H,17,19). The van der Waals surface area contributed by atoms with Gasteiger partial charge in [0, 0.05) is 7.05 Å². The number of carbonyl (C=O) groups is 2. The molecule has 0 aliphatic rings. The maximum atomic E-state index is 13.6. The van der Waals surface area contributed by atoms with Crippen molar-refractivity contribution in [2.24, 2.45) is 7.05 Å². The summed E-state index contributed by atoms with van der Waals surface area (Å²) in [6, 6.07) is 5.57. The van der Waals surface area contributed by atoms with E-state index in [1.807, 2.05) is 0 Å². The lowest BCUT2D eigenvalue weighted by Gasteiger charge is -2.08. The largest absolute Gasteiger partial charge is 0.462 e. The number of rotatable bonds is 4.